The number of aromatic nitrogens is 4. The predicted molar refractivity (Wildman–Crippen MR) is 105 cm³/mol. The zero-order valence-electron chi connectivity index (χ0n) is 14.5. The molecule has 0 atom stereocenters. The third-order valence-electron chi connectivity index (χ3n) is 5.23. The van der Waals surface area contributed by atoms with Crippen molar-refractivity contribution in [1.82, 2.24) is 19.9 Å². The second-order valence-corrected chi connectivity index (χ2v) is 11.6. The van der Waals surface area contributed by atoms with Crippen LogP contribution in [0.2, 0.25) is 0 Å². The molecule has 0 aliphatic carbocycles. The number of rotatable bonds is 4. The van der Waals surface area contributed by atoms with Gasteiger partial charge in [0.25, 0.3) is 0 Å². The van der Waals surface area contributed by atoms with E-state index in [-0.39, 0.29) is 0 Å². The van der Waals surface area contributed by atoms with Crippen LogP contribution in [0.4, 0.5) is 0 Å². The lowest BCUT2D eigenvalue weighted by Gasteiger charge is -2.60. The average Bonchev–Trinajstić information content (AvgIpc) is 2.76. The van der Waals surface area contributed by atoms with Crippen molar-refractivity contribution >= 4 is 9.16 Å². The molecule has 0 N–H and O–H groups in total. The summed E-state index contributed by atoms with van der Waals surface area (Å²) in [6.07, 6.45) is 17.3. The molecule has 0 spiro atoms. The van der Waals surface area contributed by atoms with E-state index in [0.717, 1.165) is 0 Å². The maximum Gasteiger partial charge on any atom is 0.0278 e. The number of hydrogen-bond acceptors (Lipinski definition) is 4. The topological polar surface area (TPSA) is 51.6 Å². The molecule has 0 saturated heterocycles. The standard InChI is InChI=1S/C21H20N4S/c1-26(18-2-10-22-11-3-18,19-4-12-23-13-5-19,20-6-14-24-15-7-20)21-8-16-25-17-9-21/h2-17,26H,1H3. The molecule has 0 saturated carbocycles. The molecule has 0 fully saturated rings. The van der Waals surface area contributed by atoms with Crippen molar-refractivity contribution in [2.45, 2.75) is 19.6 Å². The minimum absolute atomic E-state index is 1.25. The molecule has 0 aromatic carbocycles. The molecule has 4 nitrogen and oxygen atoms in total. The average molecular weight is 360 g/mol. The van der Waals surface area contributed by atoms with Gasteiger partial charge in [0, 0.05) is 49.6 Å². The van der Waals surface area contributed by atoms with Crippen molar-refractivity contribution in [2.24, 2.45) is 0 Å². The first-order valence-electron chi connectivity index (χ1n) is 8.38. The third-order valence-corrected chi connectivity index (χ3v) is 11.6. The molecular weight excluding hydrogens is 340 g/mol. The highest BCUT2D eigenvalue weighted by atomic mass is 32.3. The normalized spacial score (nSPS) is 12.9. The third kappa shape index (κ3) is 2.24. The Bertz CT molecular complexity index is 824. The molecule has 130 valence electrons. The zero-order valence-corrected chi connectivity index (χ0v) is 15.4. The zero-order chi connectivity index (χ0) is 17.9. The van der Waals surface area contributed by atoms with Gasteiger partial charge in [-0.1, -0.05) is 0 Å². The Hall–Kier alpha value is -3.05. The Morgan fingerprint density at radius 2 is 0.615 bits per heavy atom. The number of thiol groups is 1. The summed E-state index contributed by atoms with van der Waals surface area (Å²) in [5, 5.41) is 0. The first-order chi connectivity index (χ1) is 12.7. The van der Waals surface area contributed by atoms with Gasteiger partial charge in [-0.3, -0.25) is 19.9 Å². The molecule has 4 heterocycles. The van der Waals surface area contributed by atoms with E-state index in [0.29, 0.717) is 0 Å². The van der Waals surface area contributed by atoms with Crippen molar-refractivity contribution in [3.63, 3.8) is 0 Å². The van der Waals surface area contributed by atoms with Gasteiger partial charge in [-0.15, -0.1) is 0 Å². The summed E-state index contributed by atoms with van der Waals surface area (Å²) in [4.78, 5) is 22.0. The van der Waals surface area contributed by atoms with Gasteiger partial charge in [0.2, 0.25) is 0 Å². The van der Waals surface area contributed by atoms with Crippen molar-refractivity contribution in [3.05, 3.63) is 98.1 Å². The molecule has 0 bridgehead atoms. The summed E-state index contributed by atoms with van der Waals surface area (Å²) in [7, 11) is -2.98. The summed E-state index contributed by atoms with van der Waals surface area (Å²) >= 11 is 0. The van der Waals surface area contributed by atoms with Crippen LogP contribution in [-0.2, 0) is 0 Å². The fourth-order valence-electron chi connectivity index (χ4n) is 3.76. The van der Waals surface area contributed by atoms with Crippen LogP contribution in [-0.4, -0.2) is 26.2 Å². The highest BCUT2D eigenvalue weighted by Crippen LogP contribution is 2.87. The molecule has 0 radical (unpaired) electrons. The SMILES string of the molecule is C[SH](c1ccncc1)(c1ccncc1)(c1ccncc1)c1ccncc1. The Kier molecular flexibility index (Phi) is 4.01. The fraction of sp³-hybridized carbons (Fsp3) is 0.0476. The Morgan fingerprint density at radius 1 is 0.423 bits per heavy atom. The van der Waals surface area contributed by atoms with Crippen molar-refractivity contribution in [2.75, 3.05) is 6.26 Å². The quantitative estimate of drug-likeness (QED) is 0.544. The molecule has 26 heavy (non-hydrogen) atoms. The van der Waals surface area contributed by atoms with Gasteiger partial charge in [0.05, 0.1) is 0 Å². The highest BCUT2D eigenvalue weighted by Gasteiger charge is 2.43. The molecular formula is C21H20N4S. The van der Waals surface area contributed by atoms with Crippen LogP contribution in [0.5, 0.6) is 0 Å². The smallest absolute Gasteiger partial charge is 0.0278 e. The van der Waals surface area contributed by atoms with Gasteiger partial charge in [-0.25, -0.2) is 9.16 Å². The van der Waals surface area contributed by atoms with E-state index in [1.165, 1.54) is 19.6 Å². The van der Waals surface area contributed by atoms with E-state index in [9.17, 15) is 0 Å². The fourth-order valence-corrected chi connectivity index (χ4v) is 9.06. The molecule has 4 aromatic rings. The molecule has 0 aliphatic rings. The van der Waals surface area contributed by atoms with Crippen molar-refractivity contribution < 1.29 is 0 Å². The molecule has 5 heteroatoms. The van der Waals surface area contributed by atoms with Gasteiger partial charge < -0.3 is 0 Å². The number of hydrogen-bond donors (Lipinski definition) is 1. The van der Waals surface area contributed by atoms with Crippen LogP contribution in [0.15, 0.2) is 118 Å². The van der Waals surface area contributed by atoms with Gasteiger partial charge in [0.15, 0.2) is 0 Å². The highest BCUT2D eigenvalue weighted by molar-refractivity contribution is 8.49. The van der Waals surface area contributed by atoms with Crippen molar-refractivity contribution in [1.29, 1.82) is 0 Å². The first kappa shape index (κ1) is 16.4. The van der Waals surface area contributed by atoms with Crippen LogP contribution < -0.4 is 0 Å². The lowest BCUT2D eigenvalue weighted by Crippen LogP contribution is -2.20. The molecule has 0 amide bonds. The van der Waals surface area contributed by atoms with E-state index in [1.807, 2.05) is 49.6 Å². The summed E-state index contributed by atoms with van der Waals surface area (Å²) in [5.41, 5.74) is 0. The minimum atomic E-state index is -2.98. The Balaban J connectivity index is 2.23. The van der Waals surface area contributed by atoms with Crippen LogP contribution in [0.25, 0.3) is 0 Å². The lowest BCUT2D eigenvalue weighted by atomic mass is 10.5. The van der Waals surface area contributed by atoms with E-state index >= 15 is 0 Å². The summed E-state index contributed by atoms with van der Waals surface area (Å²) in [5.74, 6) is 0. The van der Waals surface area contributed by atoms with Gasteiger partial charge >= 0.3 is 0 Å². The number of nitrogens with zero attached hydrogens (tertiary/aromatic N) is 4. The molecule has 4 rings (SSSR count). The van der Waals surface area contributed by atoms with Gasteiger partial charge in [-0.05, 0) is 74.4 Å². The molecule has 4 aromatic heterocycles. The van der Waals surface area contributed by atoms with Crippen LogP contribution in [0, 0.1) is 0 Å². The van der Waals surface area contributed by atoms with Crippen molar-refractivity contribution in [3.8, 4) is 0 Å². The monoisotopic (exact) mass is 360 g/mol. The maximum atomic E-state index is 4.25. The first-order valence-corrected chi connectivity index (χ1v) is 11.1. The summed E-state index contributed by atoms with van der Waals surface area (Å²) in [6.45, 7) is 0. The summed E-state index contributed by atoms with van der Waals surface area (Å²) in [6, 6.07) is 17.0. The largest absolute Gasteiger partial charge is 0.265 e. The van der Waals surface area contributed by atoms with E-state index in [1.54, 1.807) is 0 Å². The second kappa shape index (κ2) is 6.35. The molecule has 0 unspecified atom stereocenters. The van der Waals surface area contributed by atoms with Gasteiger partial charge in [-0.2, -0.15) is 0 Å². The minimum Gasteiger partial charge on any atom is -0.265 e. The van der Waals surface area contributed by atoms with E-state index < -0.39 is 9.16 Å². The molecule has 0 aliphatic heterocycles. The van der Waals surface area contributed by atoms with Crippen LogP contribution in [0.3, 0.4) is 0 Å². The van der Waals surface area contributed by atoms with Crippen LogP contribution in [0.1, 0.15) is 0 Å². The van der Waals surface area contributed by atoms with Gasteiger partial charge in [0.1, 0.15) is 0 Å². The summed E-state index contributed by atoms with van der Waals surface area (Å²) < 4.78 is 0. The Morgan fingerprint density at radius 3 is 0.808 bits per heavy atom. The Labute approximate surface area is 153 Å². The number of pyridine rings is 4. The maximum absolute atomic E-state index is 4.25. The van der Waals surface area contributed by atoms with E-state index in [2.05, 4.69) is 74.7 Å². The van der Waals surface area contributed by atoms with Crippen LogP contribution >= 0.6 is 9.16 Å². The van der Waals surface area contributed by atoms with E-state index in [4.69, 9.17) is 0 Å². The predicted octanol–water partition coefficient (Wildman–Crippen LogP) is 4.51. The lowest BCUT2D eigenvalue weighted by molar-refractivity contribution is 1.13. The second-order valence-electron chi connectivity index (χ2n) is 6.39.